The number of nitrogens with one attached hydrogen (secondary N) is 1. The highest BCUT2D eigenvalue weighted by atomic mass is 16.5. The molecule has 0 radical (unpaired) electrons. The normalized spacial score (nSPS) is 17.0. The van der Waals surface area contributed by atoms with Crippen molar-refractivity contribution in [2.24, 2.45) is 7.05 Å². The van der Waals surface area contributed by atoms with Gasteiger partial charge in [0.15, 0.2) is 11.3 Å². The first-order valence-electron chi connectivity index (χ1n) is 7.84. The smallest absolute Gasteiger partial charge is 0.156 e. The van der Waals surface area contributed by atoms with Crippen molar-refractivity contribution in [3.05, 3.63) is 41.6 Å². The zero-order valence-electron chi connectivity index (χ0n) is 13.3. The lowest BCUT2D eigenvalue weighted by atomic mass is 9.87. The third kappa shape index (κ3) is 2.40. The van der Waals surface area contributed by atoms with Crippen LogP contribution in [0.4, 0.5) is 5.82 Å². The molecule has 0 bridgehead atoms. The minimum absolute atomic E-state index is 0.241. The molecule has 0 spiro atoms. The van der Waals surface area contributed by atoms with E-state index in [0.29, 0.717) is 0 Å². The maximum Gasteiger partial charge on any atom is 0.156 e. The summed E-state index contributed by atoms with van der Waals surface area (Å²) in [6.07, 6.45) is 5.12. The van der Waals surface area contributed by atoms with E-state index in [4.69, 9.17) is 4.74 Å². The Hall–Kier alpha value is -2.63. The summed E-state index contributed by atoms with van der Waals surface area (Å²) in [5.41, 5.74) is 4.46. The van der Waals surface area contributed by atoms with Crippen LogP contribution in [0.15, 0.2) is 30.5 Å². The van der Waals surface area contributed by atoms with Gasteiger partial charge in [0.25, 0.3) is 0 Å². The number of pyridine rings is 1. The molecule has 1 N–H and O–H groups in total. The van der Waals surface area contributed by atoms with E-state index in [1.165, 1.54) is 11.1 Å². The van der Waals surface area contributed by atoms with Crippen molar-refractivity contribution in [2.45, 2.75) is 25.3 Å². The number of anilines is 1. The summed E-state index contributed by atoms with van der Waals surface area (Å²) in [6, 6.07) is 8.49. The molecule has 118 valence electrons. The predicted molar refractivity (Wildman–Crippen MR) is 88.6 cm³/mol. The van der Waals surface area contributed by atoms with Crippen molar-refractivity contribution in [2.75, 3.05) is 12.4 Å². The lowest BCUT2D eigenvalue weighted by Gasteiger charge is -2.27. The molecule has 1 atom stereocenters. The first kappa shape index (κ1) is 14.0. The molecule has 0 saturated heterocycles. The number of aryl methyl sites for hydroxylation is 2. The third-order valence-electron chi connectivity index (χ3n) is 4.51. The minimum atomic E-state index is 0.241. The second-order valence-corrected chi connectivity index (χ2v) is 5.89. The Labute approximate surface area is 134 Å². The van der Waals surface area contributed by atoms with Gasteiger partial charge in [-0.05, 0) is 48.6 Å². The molecule has 4 rings (SSSR count). The zero-order valence-corrected chi connectivity index (χ0v) is 13.3. The van der Waals surface area contributed by atoms with Gasteiger partial charge in [-0.15, -0.1) is 5.10 Å². The van der Waals surface area contributed by atoms with Crippen LogP contribution in [0.1, 0.15) is 30.0 Å². The molecule has 1 unspecified atom stereocenters. The van der Waals surface area contributed by atoms with Crippen LogP contribution in [0.2, 0.25) is 0 Å². The van der Waals surface area contributed by atoms with Crippen LogP contribution < -0.4 is 10.1 Å². The molecule has 0 aliphatic heterocycles. The molecule has 3 aromatic rings. The van der Waals surface area contributed by atoms with E-state index >= 15 is 0 Å². The summed E-state index contributed by atoms with van der Waals surface area (Å²) in [7, 11) is 3.60. The van der Waals surface area contributed by atoms with E-state index < -0.39 is 0 Å². The highest BCUT2D eigenvalue weighted by Gasteiger charge is 2.22. The number of hydrogen-bond acceptors (Lipinski definition) is 5. The lowest BCUT2D eigenvalue weighted by molar-refractivity contribution is 0.413. The highest BCUT2D eigenvalue weighted by Crippen LogP contribution is 2.35. The average Bonchev–Trinajstić information content (AvgIpc) is 2.97. The van der Waals surface area contributed by atoms with Crippen LogP contribution >= 0.6 is 0 Å². The van der Waals surface area contributed by atoms with Gasteiger partial charge in [0.05, 0.1) is 18.7 Å². The number of aromatic nitrogens is 4. The Kier molecular flexibility index (Phi) is 3.37. The Morgan fingerprint density at radius 1 is 1.30 bits per heavy atom. The largest absolute Gasteiger partial charge is 0.497 e. The van der Waals surface area contributed by atoms with Crippen LogP contribution in [0.3, 0.4) is 0 Å². The second kappa shape index (κ2) is 5.53. The number of methoxy groups -OCH3 is 1. The molecular weight excluding hydrogens is 290 g/mol. The van der Waals surface area contributed by atoms with Crippen LogP contribution in [0, 0.1) is 0 Å². The first-order chi connectivity index (χ1) is 11.3. The summed E-state index contributed by atoms with van der Waals surface area (Å²) in [5, 5.41) is 11.9. The number of hydrogen-bond donors (Lipinski definition) is 1. The Bertz CT molecular complexity index is 857. The standard InChI is InChI=1S/C17H19N5O/c1-22-15-8-9-18-17(16(15)20-21-22)19-14-5-3-4-11-10-12(23-2)6-7-13(11)14/h6-10,14H,3-5H2,1-2H3,(H,18,19). The molecule has 0 fully saturated rings. The van der Waals surface area contributed by atoms with Gasteiger partial charge in [0, 0.05) is 13.2 Å². The minimum Gasteiger partial charge on any atom is -0.497 e. The monoisotopic (exact) mass is 309 g/mol. The van der Waals surface area contributed by atoms with E-state index in [2.05, 4.69) is 32.7 Å². The van der Waals surface area contributed by atoms with Gasteiger partial charge >= 0.3 is 0 Å². The summed E-state index contributed by atoms with van der Waals surface area (Å²) < 4.78 is 7.11. The van der Waals surface area contributed by atoms with Crippen molar-refractivity contribution < 1.29 is 4.74 Å². The van der Waals surface area contributed by atoms with Crippen molar-refractivity contribution in [1.82, 2.24) is 20.0 Å². The number of nitrogens with zero attached hydrogens (tertiary/aromatic N) is 4. The summed E-state index contributed by atoms with van der Waals surface area (Å²) in [6.45, 7) is 0. The number of ether oxygens (including phenoxy) is 1. The van der Waals surface area contributed by atoms with Crippen molar-refractivity contribution in [1.29, 1.82) is 0 Å². The maximum atomic E-state index is 5.34. The van der Waals surface area contributed by atoms with Gasteiger partial charge < -0.3 is 10.1 Å². The summed E-state index contributed by atoms with van der Waals surface area (Å²) in [5.74, 6) is 1.71. The van der Waals surface area contributed by atoms with Crippen LogP contribution in [0.5, 0.6) is 5.75 Å². The van der Waals surface area contributed by atoms with Gasteiger partial charge in [0.1, 0.15) is 5.75 Å². The van der Waals surface area contributed by atoms with Crippen LogP contribution in [0.25, 0.3) is 11.0 Å². The topological polar surface area (TPSA) is 64.9 Å². The maximum absolute atomic E-state index is 5.34. The lowest BCUT2D eigenvalue weighted by Crippen LogP contribution is -2.18. The van der Waals surface area contributed by atoms with Gasteiger partial charge in [-0.3, -0.25) is 0 Å². The van der Waals surface area contributed by atoms with Crippen LogP contribution in [-0.4, -0.2) is 27.1 Å². The third-order valence-corrected chi connectivity index (χ3v) is 4.51. The van der Waals surface area contributed by atoms with Crippen molar-refractivity contribution >= 4 is 16.9 Å². The number of benzene rings is 1. The fourth-order valence-electron chi connectivity index (χ4n) is 3.30. The summed E-state index contributed by atoms with van der Waals surface area (Å²) in [4.78, 5) is 4.47. The van der Waals surface area contributed by atoms with E-state index in [9.17, 15) is 0 Å². The number of rotatable bonds is 3. The predicted octanol–water partition coefficient (Wildman–Crippen LogP) is 2.86. The van der Waals surface area contributed by atoms with Crippen LogP contribution in [-0.2, 0) is 13.5 Å². The van der Waals surface area contributed by atoms with Gasteiger partial charge in [-0.25, -0.2) is 9.67 Å². The van der Waals surface area contributed by atoms with E-state index in [1.807, 2.05) is 19.2 Å². The SMILES string of the molecule is COc1ccc2c(c1)CCCC2Nc1nccc2c1nnn2C. The van der Waals surface area contributed by atoms with Crippen molar-refractivity contribution in [3.63, 3.8) is 0 Å². The first-order valence-corrected chi connectivity index (χ1v) is 7.84. The highest BCUT2D eigenvalue weighted by molar-refractivity contribution is 5.85. The summed E-state index contributed by atoms with van der Waals surface area (Å²) >= 11 is 0. The molecule has 1 aliphatic carbocycles. The van der Waals surface area contributed by atoms with Gasteiger partial charge in [0.2, 0.25) is 0 Å². The second-order valence-electron chi connectivity index (χ2n) is 5.89. The Morgan fingerprint density at radius 2 is 2.22 bits per heavy atom. The van der Waals surface area contributed by atoms with E-state index in [-0.39, 0.29) is 6.04 Å². The molecular formula is C17H19N5O. The average molecular weight is 309 g/mol. The molecule has 6 heteroatoms. The quantitative estimate of drug-likeness (QED) is 0.806. The molecule has 23 heavy (non-hydrogen) atoms. The van der Waals surface area contributed by atoms with E-state index in [0.717, 1.165) is 41.9 Å². The fourth-order valence-corrected chi connectivity index (χ4v) is 3.30. The van der Waals surface area contributed by atoms with Gasteiger partial charge in [-0.2, -0.15) is 0 Å². The Morgan fingerprint density at radius 3 is 3.09 bits per heavy atom. The molecule has 6 nitrogen and oxygen atoms in total. The zero-order chi connectivity index (χ0) is 15.8. The molecule has 2 heterocycles. The van der Waals surface area contributed by atoms with Crippen molar-refractivity contribution in [3.8, 4) is 5.75 Å². The number of fused-ring (bicyclic) bond motifs is 2. The molecule has 1 aliphatic rings. The molecule has 0 saturated carbocycles. The molecule has 1 aromatic carbocycles. The molecule has 2 aromatic heterocycles. The Balaban J connectivity index is 1.70. The van der Waals surface area contributed by atoms with E-state index in [1.54, 1.807) is 18.0 Å². The van der Waals surface area contributed by atoms with Gasteiger partial charge in [-0.1, -0.05) is 11.3 Å². The molecule has 0 amide bonds. The fraction of sp³-hybridized carbons (Fsp3) is 0.353.